The van der Waals surface area contributed by atoms with Gasteiger partial charge in [0.1, 0.15) is 5.54 Å². The zero-order chi connectivity index (χ0) is 16.4. The molecule has 8 heteroatoms. The number of nitrogens with one attached hydrogen (secondary N) is 1. The molecule has 0 unspecified atom stereocenters. The number of hydrazone groups is 1. The summed E-state index contributed by atoms with van der Waals surface area (Å²) < 4.78 is 5.34. The molecule has 3 heterocycles. The molecule has 2 aliphatic heterocycles. The van der Waals surface area contributed by atoms with Gasteiger partial charge < -0.3 is 15.0 Å². The van der Waals surface area contributed by atoms with Gasteiger partial charge in [-0.2, -0.15) is 5.10 Å². The van der Waals surface area contributed by atoms with Crippen molar-refractivity contribution in [1.29, 1.82) is 0 Å². The molecule has 2 aliphatic rings. The molecule has 0 aromatic carbocycles. The van der Waals surface area contributed by atoms with Crippen LogP contribution in [0.25, 0.3) is 0 Å². The lowest BCUT2D eigenvalue weighted by atomic mass is 10.00. The summed E-state index contributed by atoms with van der Waals surface area (Å²) >= 11 is 1.58. The van der Waals surface area contributed by atoms with E-state index < -0.39 is 11.6 Å². The van der Waals surface area contributed by atoms with E-state index in [9.17, 15) is 9.59 Å². The summed E-state index contributed by atoms with van der Waals surface area (Å²) in [6.07, 6.45) is 2.09. The summed E-state index contributed by atoms with van der Waals surface area (Å²) in [5, 5.41) is 8.81. The van der Waals surface area contributed by atoms with Crippen molar-refractivity contribution >= 4 is 34.5 Å². The highest BCUT2D eigenvalue weighted by molar-refractivity contribution is 7.17. The first-order chi connectivity index (χ1) is 11.0. The molecule has 0 saturated carbocycles. The van der Waals surface area contributed by atoms with Gasteiger partial charge in [0.25, 0.3) is 5.91 Å². The fourth-order valence-electron chi connectivity index (χ4n) is 2.49. The Hall–Kier alpha value is -1.93. The Labute approximate surface area is 138 Å². The monoisotopic (exact) mass is 336 g/mol. The molecule has 2 fully saturated rings. The first kappa shape index (κ1) is 15.9. The zero-order valence-electron chi connectivity index (χ0n) is 13.2. The van der Waals surface area contributed by atoms with E-state index in [4.69, 9.17) is 4.74 Å². The quantitative estimate of drug-likeness (QED) is 0.670. The van der Waals surface area contributed by atoms with Crippen molar-refractivity contribution in [3.63, 3.8) is 0 Å². The van der Waals surface area contributed by atoms with Crippen LogP contribution >= 0.6 is 11.3 Å². The molecular formula is C15H20N4O3S. The molecule has 1 atom stereocenters. The second-order valence-electron chi connectivity index (χ2n) is 5.75. The van der Waals surface area contributed by atoms with Gasteiger partial charge in [0.15, 0.2) is 0 Å². The van der Waals surface area contributed by atoms with Crippen LogP contribution in [-0.4, -0.2) is 55.0 Å². The van der Waals surface area contributed by atoms with Crippen LogP contribution in [0.2, 0.25) is 0 Å². The smallest absolute Gasteiger partial charge is 0.346 e. The predicted octanol–water partition coefficient (Wildman–Crippen LogP) is 1.64. The van der Waals surface area contributed by atoms with Crippen molar-refractivity contribution in [2.24, 2.45) is 5.10 Å². The van der Waals surface area contributed by atoms with Crippen LogP contribution in [-0.2, 0) is 9.53 Å². The third kappa shape index (κ3) is 3.09. The SMILES string of the molecule is CC[C@@]1(C)NC(=O)N(/N=C\c2ccc(N3CCOCC3)s2)C1=O. The van der Waals surface area contributed by atoms with Crippen molar-refractivity contribution < 1.29 is 14.3 Å². The van der Waals surface area contributed by atoms with Crippen LogP contribution in [0.5, 0.6) is 0 Å². The second-order valence-corrected chi connectivity index (χ2v) is 6.85. The van der Waals surface area contributed by atoms with Crippen LogP contribution in [0, 0.1) is 0 Å². The number of anilines is 1. The Balaban J connectivity index is 1.70. The van der Waals surface area contributed by atoms with E-state index >= 15 is 0 Å². The topological polar surface area (TPSA) is 74.2 Å². The normalized spacial score (nSPS) is 25.5. The lowest BCUT2D eigenvalue weighted by molar-refractivity contribution is -0.130. The number of amides is 3. The van der Waals surface area contributed by atoms with E-state index in [1.807, 2.05) is 19.1 Å². The predicted molar refractivity (Wildman–Crippen MR) is 89.0 cm³/mol. The van der Waals surface area contributed by atoms with Crippen LogP contribution < -0.4 is 10.2 Å². The maximum absolute atomic E-state index is 12.3. The summed E-state index contributed by atoms with van der Waals surface area (Å²) in [7, 11) is 0. The van der Waals surface area contributed by atoms with Crippen LogP contribution in [0.4, 0.5) is 9.80 Å². The summed E-state index contributed by atoms with van der Waals surface area (Å²) in [5.41, 5.74) is -0.858. The van der Waals surface area contributed by atoms with Gasteiger partial charge in [-0.25, -0.2) is 4.79 Å². The van der Waals surface area contributed by atoms with E-state index in [0.29, 0.717) is 6.42 Å². The number of hydrogen-bond acceptors (Lipinski definition) is 6. The summed E-state index contributed by atoms with van der Waals surface area (Å²) in [4.78, 5) is 27.3. The van der Waals surface area contributed by atoms with Gasteiger partial charge in [0.05, 0.1) is 24.4 Å². The highest BCUT2D eigenvalue weighted by Crippen LogP contribution is 2.26. The Morgan fingerprint density at radius 3 is 2.78 bits per heavy atom. The number of imide groups is 1. The summed E-state index contributed by atoms with van der Waals surface area (Å²) in [6, 6.07) is 3.50. The molecule has 1 aromatic heterocycles. The molecular weight excluding hydrogens is 316 g/mol. The maximum Gasteiger partial charge on any atom is 0.346 e. The van der Waals surface area contributed by atoms with Gasteiger partial charge in [-0.15, -0.1) is 16.3 Å². The first-order valence-corrected chi connectivity index (χ1v) is 8.48. The number of ether oxygens (including phenoxy) is 1. The molecule has 2 saturated heterocycles. The molecule has 3 rings (SSSR count). The number of carbonyl (C=O) groups excluding carboxylic acids is 2. The number of thiophene rings is 1. The molecule has 0 spiro atoms. The van der Waals surface area contributed by atoms with Gasteiger partial charge in [0.2, 0.25) is 0 Å². The van der Waals surface area contributed by atoms with Gasteiger partial charge in [-0.3, -0.25) is 4.79 Å². The first-order valence-electron chi connectivity index (χ1n) is 7.67. The van der Waals surface area contributed by atoms with E-state index in [1.165, 1.54) is 0 Å². The van der Waals surface area contributed by atoms with Crippen LogP contribution in [0.1, 0.15) is 25.1 Å². The Morgan fingerprint density at radius 2 is 2.13 bits per heavy atom. The standard InChI is InChI=1S/C15H20N4O3S/c1-3-15(2)13(20)19(14(21)17-15)16-10-11-4-5-12(23-11)18-6-8-22-9-7-18/h4-5,10H,3,6-9H2,1-2H3,(H,17,21)/b16-10-/t15-/m1/s1. The maximum atomic E-state index is 12.3. The lowest BCUT2D eigenvalue weighted by Crippen LogP contribution is -2.42. The summed E-state index contributed by atoms with van der Waals surface area (Å²) in [5.74, 6) is -0.314. The molecule has 0 bridgehead atoms. The number of nitrogens with zero attached hydrogens (tertiary/aromatic N) is 3. The molecule has 0 aliphatic carbocycles. The fraction of sp³-hybridized carbons (Fsp3) is 0.533. The third-order valence-corrected chi connectivity index (χ3v) is 5.26. The minimum Gasteiger partial charge on any atom is -0.378 e. The number of urea groups is 1. The summed E-state index contributed by atoms with van der Waals surface area (Å²) in [6.45, 7) is 6.79. The average Bonchev–Trinajstić information content (AvgIpc) is 3.11. The van der Waals surface area contributed by atoms with E-state index in [2.05, 4.69) is 15.3 Å². The highest BCUT2D eigenvalue weighted by atomic mass is 32.1. The molecule has 23 heavy (non-hydrogen) atoms. The number of rotatable bonds is 4. The number of carbonyl (C=O) groups is 2. The van der Waals surface area contributed by atoms with Gasteiger partial charge in [0, 0.05) is 18.0 Å². The third-order valence-electron chi connectivity index (χ3n) is 4.18. The number of morpholine rings is 1. The average molecular weight is 336 g/mol. The molecule has 124 valence electrons. The molecule has 0 radical (unpaired) electrons. The zero-order valence-corrected chi connectivity index (χ0v) is 14.1. The Kier molecular flexibility index (Phi) is 4.36. The minimum atomic E-state index is -0.858. The Bertz CT molecular complexity index is 638. The van der Waals surface area contributed by atoms with Gasteiger partial charge in [-0.05, 0) is 25.5 Å². The Morgan fingerprint density at radius 1 is 1.39 bits per heavy atom. The van der Waals surface area contributed by atoms with Crippen LogP contribution in [0.3, 0.4) is 0 Å². The van der Waals surface area contributed by atoms with Crippen molar-refractivity contribution in [3.8, 4) is 0 Å². The molecule has 1 N–H and O–H groups in total. The van der Waals surface area contributed by atoms with Crippen LogP contribution in [0.15, 0.2) is 17.2 Å². The lowest BCUT2D eigenvalue weighted by Gasteiger charge is -2.27. The molecule has 3 amide bonds. The number of hydrogen-bond donors (Lipinski definition) is 1. The van der Waals surface area contributed by atoms with Crippen molar-refractivity contribution in [3.05, 3.63) is 17.0 Å². The van der Waals surface area contributed by atoms with Crippen molar-refractivity contribution in [1.82, 2.24) is 10.3 Å². The fourth-order valence-corrected chi connectivity index (χ4v) is 3.42. The van der Waals surface area contributed by atoms with E-state index in [0.717, 1.165) is 41.2 Å². The molecule has 7 nitrogen and oxygen atoms in total. The second kappa shape index (κ2) is 6.29. The van der Waals surface area contributed by atoms with Gasteiger partial charge in [-0.1, -0.05) is 6.92 Å². The van der Waals surface area contributed by atoms with E-state index in [1.54, 1.807) is 24.5 Å². The largest absolute Gasteiger partial charge is 0.378 e. The molecule has 1 aromatic rings. The van der Waals surface area contributed by atoms with Crippen molar-refractivity contribution in [2.75, 3.05) is 31.2 Å². The highest BCUT2D eigenvalue weighted by Gasteiger charge is 2.46. The minimum absolute atomic E-state index is 0.314. The van der Waals surface area contributed by atoms with Gasteiger partial charge >= 0.3 is 6.03 Å². The van der Waals surface area contributed by atoms with E-state index in [-0.39, 0.29) is 5.91 Å². The van der Waals surface area contributed by atoms with Crippen molar-refractivity contribution in [2.45, 2.75) is 25.8 Å².